The molecule has 4 heterocycles. The van der Waals surface area contributed by atoms with Crippen molar-refractivity contribution in [1.29, 1.82) is 0 Å². The first kappa shape index (κ1) is 22.0. The van der Waals surface area contributed by atoms with Crippen molar-refractivity contribution in [2.24, 2.45) is 0 Å². The molecule has 1 aliphatic heterocycles. The second-order valence-corrected chi connectivity index (χ2v) is 8.44. The van der Waals surface area contributed by atoms with Crippen LogP contribution >= 0.6 is 0 Å². The number of nitrogens with zero attached hydrogens (tertiary/aromatic N) is 6. The number of amides is 1. The van der Waals surface area contributed by atoms with E-state index in [1.807, 2.05) is 65.3 Å². The average Bonchev–Trinajstić information content (AvgIpc) is 3.29. The Morgan fingerprint density at radius 3 is 2.71 bits per heavy atom. The molecular weight excluding hydrogens is 430 g/mol. The van der Waals surface area contributed by atoms with E-state index in [4.69, 9.17) is 4.74 Å². The van der Waals surface area contributed by atoms with Gasteiger partial charge < -0.3 is 10.1 Å². The molecule has 1 aliphatic rings. The van der Waals surface area contributed by atoms with Crippen LogP contribution in [0.5, 0.6) is 5.75 Å². The summed E-state index contributed by atoms with van der Waals surface area (Å²) in [7, 11) is 3.71. The zero-order valence-corrected chi connectivity index (χ0v) is 19.3. The minimum absolute atomic E-state index is 0.0485. The standard InChI is InChI=1S/C25H27N7O2/c1-30-13-14-31(16-20-5-3-4-12-26-20)17-22(30)24-29-28-23-11-6-18(15-32(23)24)25(33)27-19-7-9-21(34-2)10-8-19/h3-12,15,22H,13-14,16-17H2,1-2H3,(H,27,33). The fraction of sp³-hybridized carbons (Fsp3) is 0.280. The van der Waals surface area contributed by atoms with Gasteiger partial charge in [-0.05, 0) is 55.6 Å². The van der Waals surface area contributed by atoms with E-state index in [1.165, 1.54) is 0 Å². The molecule has 1 saturated heterocycles. The Kier molecular flexibility index (Phi) is 6.20. The molecule has 34 heavy (non-hydrogen) atoms. The number of carbonyl (C=O) groups is 1. The number of aromatic nitrogens is 4. The van der Waals surface area contributed by atoms with Crippen LogP contribution < -0.4 is 10.1 Å². The van der Waals surface area contributed by atoms with Crippen molar-refractivity contribution in [3.05, 3.63) is 84.1 Å². The Balaban J connectivity index is 1.36. The molecule has 9 nitrogen and oxygen atoms in total. The molecule has 9 heteroatoms. The molecule has 1 fully saturated rings. The van der Waals surface area contributed by atoms with Crippen LogP contribution in [0.25, 0.3) is 5.65 Å². The second-order valence-electron chi connectivity index (χ2n) is 8.44. The molecule has 0 bridgehead atoms. The number of likely N-dealkylation sites (N-methyl/N-ethyl adjacent to an activating group) is 1. The van der Waals surface area contributed by atoms with Crippen molar-refractivity contribution < 1.29 is 9.53 Å². The number of ether oxygens (including phenoxy) is 1. The topological polar surface area (TPSA) is 87.9 Å². The molecule has 4 aromatic rings. The average molecular weight is 458 g/mol. The smallest absolute Gasteiger partial charge is 0.257 e. The molecule has 0 saturated carbocycles. The highest BCUT2D eigenvalue weighted by atomic mass is 16.5. The lowest BCUT2D eigenvalue weighted by atomic mass is 10.1. The lowest BCUT2D eigenvalue weighted by Crippen LogP contribution is -2.46. The van der Waals surface area contributed by atoms with Crippen LogP contribution in [0.1, 0.15) is 27.9 Å². The maximum absolute atomic E-state index is 12.9. The lowest BCUT2D eigenvalue weighted by molar-refractivity contribution is 0.0844. The zero-order valence-electron chi connectivity index (χ0n) is 19.3. The number of nitrogens with one attached hydrogen (secondary N) is 1. The number of benzene rings is 1. The quantitative estimate of drug-likeness (QED) is 0.476. The summed E-state index contributed by atoms with van der Waals surface area (Å²) in [5, 5.41) is 11.8. The third-order valence-electron chi connectivity index (χ3n) is 6.18. The maximum Gasteiger partial charge on any atom is 0.257 e. The second kappa shape index (κ2) is 9.58. The van der Waals surface area contributed by atoms with Gasteiger partial charge in [-0.2, -0.15) is 0 Å². The maximum atomic E-state index is 12.9. The highest BCUT2D eigenvalue weighted by molar-refractivity contribution is 6.04. The van der Waals surface area contributed by atoms with Crippen molar-refractivity contribution in [1.82, 2.24) is 29.4 Å². The zero-order chi connectivity index (χ0) is 23.5. The van der Waals surface area contributed by atoms with Gasteiger partial charge in [0.05, 0.1) is 24.4 Å². The molecule has 5 rings (SSSR count). The third-order valence-corrected chi connectivity index (χ3v) is 6.18. The monoisotopic (exact) mass is 457 g/mol. The molecule has 1 amide bonds. The van der Waals surface area contributed by atoms with Gasteiger partial charge in [-0.25, -0.2) is 0 Å². The number of hydrogen-bond acceptors (Lipinski definition) is 7. The fourth-order valence-electron chi connectivity index (χ4n) is 4.22. The third kappa shape index (κ3) is 4.61. The van der Waals surface area contributed by atoms with Crippen molar-refractivity contribution in [3.8, 4) is 5.75 Å². The number of rotatable bonds is 6. The molecule has 0 aliphatic carbocycles. The van der Waals surface area contributed by atoms with Gasteiger partial charge in [0.1, 0.15) is 5.75 Å². The summed E-state index contributed by atoms with van der Waals surface area (Å²) in [4.78, 5) is 22.1. The van der Waals surface area contributed by atoms with E-state index >= 15 is 0 Å². The number of methoxy groups -OCH3 is 1. The van der Waals surface area contributed by atoms with Crippen molar-refractivity contribution >= 4 is 17.2 Å². The molecule has 0 spiro atoms. The molecule has 174 valence electrons. The molecule has 0 radical (unpaired) electrons. The predicted molar refractivity (Wildman–Crippen MR) is 129 cm³/mol. The summed E-state index contributed by atoms with van der Waals surface area (Å²) >= 11 is 0. The van der Waals surface area contributed by atoms with Crippen LogP contribution in [0, 0.1) is 0 Å². The van der Waals surface area contributed by atoms with Gasteiger partial charge >= 0.3 is 0 Å². The van der Waals surface area contributed by atoms with E-state index in [1.54, 1.807) is 13.2 Å². The Labute approximate surface area is 198 Å². The highest BCUT2D eigenvalue weighted by Crippen LogP contribution is 2.25. The number of pyridine rings is 2. The van der Waals surface area contributed by atoms with Gasteiger partial charge in [0.25, 0.3) is 5.91 Å². The van der Waals surface area contributed by atoms with E-state index < -0.39 is 0 Å². The van der Waals surface area contributed by atoms with E-state index in [-0.39, 0.29) is 11.9 Å². The number of fused-ring (bicyclic) bond motifs is 1. The van der Waals surface area contributed by atoms with Gasteiger partial charge in [0.15, 0.2) is 11.5 Å². The van der Waals surface area contributed by atoms with Gasteiger partial charge in [-0.3, -0.25) is 24.0 Å². The van der Waals surface area contributed by atoms with Crippen LogP contribution in [0.15, 0.2) is 67.0 Å². The van der Waals surface area contributed by atoms with E-state index in [9.17, 15) is 4.79 Å². The highest BCUT2D eigenvalue weighted by Gasteiger charge is 2.29. The Morgan fingerprint density at radius 1 is 1.09 bits per heavy atom. The Hall–Kier alpha value is -3.82. The first-order valence-electron chi connectivity index (χ1n) is 11.2. The normalized spacial score (nSPS) is 17.1. The van der Waals surface area contributed by atoms with Gasteiger partial charge in [-0.15, -0.1) is 10.2 Å². The SMILES string of the molecule is COc1ccc(NC(=O)c2ccc3nnc(C4CN(Cc5ccccn5)CCN4C)n3c2)cc1. The van der Waals surface area contributed by atoms with Crippen LogP contribution in [0.4, 0.5) is 5.69 Å². The number of hydrogen-bond donors (Lipinski definition) is 1. The Morgan fingerprint density at radius 2 is 1.94 bits per heavy atom. The van der Waals surface area contributed by atoms with Crippen LogP contribution in [-0.2, 0) is 6.54 Å². The van der Waals surface area contributed by atoms with E-state index in [2.05, 4.69) is 37.3 Å². The first-order valence-corrected chi connectivity index (χ1v) is 11.2. The van der Waals surface area contributed by atoms with Crippen LogP contribution in [-0.4, -0.2) is 69.1 Å². The van der Waals surface area contributed by atoms with Crippen molar-refractivity contribution in [2.75, 3.05) is 39.1 Å². The van der Waals surface area contributed by atoms with Crippen molar-refractivity contribution in [2.45, 2.75) is 12.6 Å². The number of carbonyl (C=O) groups excluding carboxylic acids is 1. The van der Waals surface area contributed by atoms with E-state index in [0.29, 0.717) is 16.9 Å². The van der Waals surface area contributed by atoms with Crippen LogP contribution in [0.3, 0.4) is 0 Å². The molecule has 3 aromatic heterocycles. The molecule has 1 aromatic carbocycles. The minimum atomic E-state index is -0.194. The van der Waals surface area contributed by atoms with Crippen LogP contribution in [0.2, 0.25) is 0 Å². The largest absolute Gasteiger partial charge is 0.497 e. The lowest BCUT2D eigenvalue weighted by Gasteiger charge is -2.38. The summed E-state index contributed by atoms with van der Waals surface area (Å²) < 4.78 is 7.10. The number of anilines is 1. The summed E-state index contributed by atoms with van der Waals surface area (Å²) in [5.41, 5.74) is 3.00. The molecular formula is C25H27N7O2. The summed E-state index contributed by atoms with van der Waals surface area (Å²) in [6, 6.07) is 16.9. The summed E-state index contributed by atoms with van der Waals surface area (Å²) in [5.74, 6) is 1.37. The molecule has 1 unspecified atom stereocenters. The predicted octanol–water partition coefficient (Wildman–Crippen LogP) is 2.87. The van der Waals surface area contributed by atoms with Gasteiger partial charge in [0.2, 0.25) is 0 Å². The summed E-state index contributed by atoms with van der Waals surface area (Å²) in [6.45, 7) is 3.45. The fourth-order valence-corrected chi connectivity index (χ4v) is 4.22. The van der Waals surface area contributed by atoms with Crippen molar-refractivity contribution in [3.63, 3.8) is 0 Å². The Bertz CT molecular complexity index is 1270. The van der Waals surface area contributed by atoms with E-state index in [0.717, 1.165) is 43.4 Å². The number of piperazine rings is 1. The molecule has 1 N–H and O–H groups in total. The minimum Gasteiger partial charge on any atom is -0.497 e. The molecule has 1 atom stereocenters. The first-order chi connectivity index (χ1) is 16.6. The van der Waals surface area contributed by atoms with Gasteiger partial charge in [-0.1, -0.05) is 6.07 Å². The van der Waals surface area contributed by atoms with Gasteiger partial charge in [0, 0.05) is 44.3 Å². The summed E-state index contributed by atoms with van der Waals surface area (Å²) in [6.07, 6.45) is 3.64.